The molecule has 2 amide bonds. The van der Waals surface area contributed by atoms with Crippen LogP contribution in [0.3, 0.4) is 0 Å². The topological polar surface area (TPSA) is 163 Å². The summed E-state index contributed by atoms with van der Waals surface area (Å²) in [6.07, 6.45) is 13.7. The first-order valence-electron chi connectivity index (χ1n) is 18.8. The molecule has 12 nitrogen and oxygen atoms in total. The van der Waals surface area contributed by atoms with Crippen molar-refractivity contribution in [1.82, 2.24) is 4.98 Å². The van der Waals surface area contributed by atoms with E-state index in [-0.39, 0.29) is 40.5 Å². The maximum atomic E-state index is 13.6. The predicted octanol–water partition coefficient (Wildman–Crippen LogP) is 9.35. The van der Waals surface area contributed by atoms with E-state index < -0.39 is 33.2 Å². The number of carbonyl (C=O) groups is 2. The number of benzene rings is 2. The molecule has 1 aromatic heterocycles. The first-order chi connectivity index (χ1) is 24.8. The van der Waals surface area contributed by atoms with Gasteiger partial charge in [-0.3, -0.25) is 19.7 Å². The number of fused-ring (bicyclic) bond motifs is 1. The van der Waals surface area contributed by atoms with Gasteiger partial charge in [-0.1, -0.05) is 78.1 Å². The molecule has 12 heteroatoms. The molecule has 0 bridgehead atoms. The van der Waals surface area contributed by atoms with E-state index in [9.17, 15) is 24.5 Å². The van der Waals surface area contributed by atoms with Gasteiger partial charge in [0.25, 0.3) is 11.6 Å². The van der Waals surface area contributed by atoms with Gasteiger partial charge in [-0.2, -0.15) is 0 Å². The summed E-state index contributed by atoms with van der Waals surface area (Å²) in [6.45, 7) is 13.3. The van der Waals surface area contributed by atoms with Crippen molar-refractivity contribution >= 4 is 39.8 Å². The molecule has 0 radical (unpaired) electrons. The van der Waals surface area contributed by atoms with Crippen LogP contribution in [0.15, 0.2) is 45.6 Å². The average Bonchev–Trinajstić information content (AvgIpc) is 3.10. The minimum Gasteiger partial charge on any atom is -0.407 e. The predicted molar refractivity (Wildman–Crippen MR) is 205 cm³/mol. The van der Waals surface area contributed by atoms with Crippen LogP contribution in [-0.4, -0.2) is 48.1 Å². The Morgan fingerprint density at radius 3 is 2.02 bits per heavy atom. The van der Waals surface area contributed by atoms with Gasteiger partial charge >= 0.3 is 5.63 Å². The van der Waals surface area contributed by atoms with Gasteiger partial charge in [-0.15, -0.1) is 0 Å². The highest BCUT2D eigenvalue weighted by Crippen LogP contribution is 2.28. The largest absolute Gasteiger partial charge is 0.407 e. The molecule has 2 aromatic carbocycles. The number of unbranched alkanes of at least 4 members (excludes halogenated alkanes) is 10. The fourth-order valence-corrected chi connectivity index (χ4v) is 5.62. The van der Waals surface area contributed by atoms with E-state index in [1.165, 1.54) is 63.1 Å². The maximum Gasteiger partial charge on any atom is 0.346 e. The summed E-state index contributed by atoms with van der Waals surface area (Å²) in [5, 5.41) is 17.2. The monoisotopic (exact) mass is 722 g/mol. The number of amides is 2. The number of nitrogens with zero attached hydrogens (tertiary/aromatic N) is 2. The number of non-ortho nitro benzene ring substituents is 1. The van der Waals surface area contributed by atoms with Gasteiger partial charge in [0.15, 0.2) is 0 Å². The lowest BCUT2D eigenvalue weighted by atomic mass is 9.93. The van der Waals surface area contributed by atoms with Crippen molar-refractivity contribution in [3.8, 4) is 0 Å². The molecule has 1 heterocycles. The van der Waals surface area contributed by atoms with E-state index in [4.69, 9.17) is 13.9 Å². The number of hydrogen-bond donors (Lipinski definition) is 2. The van der Waals surface area contributed by atoms with Crippen LogP contribution in [-0.2, 0) is 19.7 Å². The van der Waals surface area contributed by atoms with Gasteiger partial charge in [0.2, 0.25) is 11.8 Å². The lowest BCUT2D eigenvalue weighted by molar-refractivity contribution is -0.384. The smallest absolute Gasteiger partial charge is 0.346 e. The fraction of sp³-hybridized carbons (Fsp3) is 0.600. The Morgan fingerprint density at radius 1 is 0.808 bits per heavy atom. The molecule has 0 spiro atoms. The van der Waals surface area contributed by atoms with Gasteiger partial charge in [0, 0.05) is 31.0 Å². The Kier molecular flexibility index (Phi) is 16.9. The third-order valence-electron chi connectivity index (χ3n) is 9.00. The third kappa shape index (κ3) is 13.1. The Labute approximate surface area is 307 Å². The minimum absolute atomic E-state index is 0.102. The summed E-state index contributed by atoms with van der Waals surface area (Å²) in [5.74, 6) is -0.871. The first-order valence-corrected chi connectivity index (χ1v) is 18.8. The second-order valence-corrected chi connectivity index (χ2v) is 14.8. The summed E-state index contributed by atoms with van der Waals surface area (Å²) in [7, 11) is 0. The summed E-state index contributed by atoms with van der Waals surface area (Å²) in [4.78, 5) is 55.6. The molecular weight excluding hydrogens is 664 g/mol. The van der Waals surface area contributed by atoms with Crippen LogP contribution in [0.25, 0.3) is 10.9 Å². The summed E-state index contributed by atoms with van der Waals surface area (Å²) in [5.41, 5.74) is -1.92. The Bertz CT molecular complexity index is 1680. The van der Waals surface area contributed by atoms with Gasteiger partial charge in [-0.05, 0) is 64.8 Å². The van der Waals surface area contributed by atoms with Crippen molar-refractivity contribution in [3.63, 3.8) is 0 Å². The molecule has 3 rings (SSSR count). The molecule has 2 N–H and O–H groups in total. The van der Waals surface area contributed by atoms with E-state index in [2.05, 4.69) is 29.5 Å². The highest BCUT2D eigenvalue weighted by Gasteiger charge is 2.30. The Morgan fingerprint density at radius 2 is 1.40 bits per heavy atom. The van der Waals surface area contributed by atoms with E-state index in [0.29, 0.717) is 25.3 Å². The van der Waals surface area contributed by atoms with E-state index >= 15 is 0 Å². The number of ether oxygens (including phenoxy) is 2. The number of aromatic nitrogens is 1. The van der Waals surface area contributed by atoms with Gasteiger partial charge in [-0.25, -0.2) is 9.78 Å². The zero-order valence-electron chi connectivity index (χ0n) is 31.9. The van der Waals surface area contributed by atoms with Crippen molar-refractivity contribution in [2.24, 2.45) is 5.41 Å². The SMILES string of the molecule is CCCCCCCCOCC(C)(C)C(=O)Nc1ccc([N+](=O)[O-])cc1C(=O)Nc1ccc2nc(C(C)(C)COCCCCCCCC)oc(=O)c2c1. The molecule has 0 saturated carbocycles. The van der Waals surface area contributed by atoms with Crippen molar-refractivity contribution in [2.45, 2.75) is 124 Å². The highest BCUT2D eigenvalue weighted by atomic mass is 16.6. The molecule has 0 fully saturated rings. The molecule has 0 aliphatic rings. The molecule has 0 saturated heterocycles. The normalized spacial score (nSPS) is 11.9. The molecule has 3 aromatic rings. The van der Waals surface area contributed by atoms with Crippen LogP contribution < -0.4 is 16.3 Å². The quantitative estimate of drug-likeness (QED) is 0.0521. The zero-order valence-corrected chi connectivity index (χ0v) is 31.9. The number of nitro benzene ring substituents is 1. The van der Waals surface area contributed by atoms with Crippen LogP contribution in [0.4, 0.5) is 17.1 Å². The molecule has 0 aliphatic heterocycles. The molecule has 52 heavy (non-hydrogen) atoms. The number of nitro groups is 1. The standard InChI is InChI=1S/C40H58N4O8/c1-7-9-11-13-15-17-23-50-27-39(3,4)37(47)42-33-22-20-30(44(48)49)26-31(33)35(45)41-29-19-21-34-32(25-29)36(46)52-38(43-34)40(5,6)28-51-24-18-16-14-12-10-8-2/h19-22,25-26H,7-18,23-24,27-28H2,1-6H3,(H,41,45)(H,42,47). The van der Waals surface area contributed by atoms with Crippen molar-refractivity contribution < 1.29 is 28.4 Å². The summed E-state index contributed by atoms with van der Waals surface area (Å²) in [6, 6.07) is 8.28. The molecule has 0 atom stereocenters. The van der Waals surface area contributed by atoms with Crippen LogP contribution in [0.2, 0.25) is 0 Å². The zero-order chi connectivity index (χ0) is 38.1. The van der Waals surface area contributed by atoms with Crippen molar-refractivity contribution in [3.05, 3.63) is 68.4 Å². The Hall–Kier alpha value is -4.16. The lowest BCUT2D eigenvalue weighted by Gasteiger charge is -2.24. The first kappa shape index (κ1) is 42.3. The van der Waals surface area contributed by atoms with Crippen LogP contribution >= 0.6 is 0 Å². The number of anilines is 2. The lowest BCUT2D eigenvalue weighted by Crippen LogP contribution is -2.35. The number of carbonyl (C=O) groups excluding carboxylic acids is 2. The van der Waals surface area contributed by atoms with Gasteiger partial charge in [0.05, 0.1) is 51.1 Å². The number of hydrogen-bond acceptors (Lipinski definition) is 9. The average molecular weight is 723 g/mol. The van der Waals surface area contributed by atoms with Gasteiger partial charge in [0.1, 0.15) is 0 Å². The second-order valence-electron chi connectivity index (χ2n) is 14.8. The second kappa shape index (κ2) is 20.8. The van der Waals surface area contributed by atoms with E-state index in [0.717, 1.165) is 38.2 Å². The summed E-state index contributed by atoms with van der Waals surface area (Å²) < 4.78 is 17.3. The van der Waals surface area contributed by atoms with E-state index in [1.54, 1.807) is 26.0 Å². The Balaban J connectivity index is 1.69. The highest BCUT2D eigenvalue weighted by molar-refractivity contribution is 6.11. The number of nitrogens with one attached hydrogen (secondary N) is 2. The minimum atomic E-state index is -0.940. The maximum absolute atomic E-state index is 13.6. The number of rotatable bonds is 24. The molecule has 0 aliphatic carbocycles. The third-order valence-corrected chi connectivity index (χ3v) is 9.00. The summed E-state index contributed by atoms with van der Waals surface area (Å²) >= 11 is 0. The van der Waals surface area contributed by atoms with Crippen LogP contribution in [0, 0.1) is 15.5 Å². The fourth-order valence-electron chi connectivity index (χ4n) is 5.62. The van der Waals surface area contributed by atoms with Crippen LogP contribution in [0.5, 0.6) is 0 Å². The molecular formula is C40H58N4O8. The van der Waals surface area contributed by atoms with Crippen LogP contribution in [0.1, 0.15) is 135 Å². The van der Waals surface area contributed by atoms with Gasteiger partial charge < -0.3 is 24.5 Å². The molecule has 0 unspecified atom stereocenters. The molecule has 286 valence electrons. The van der Waals surface area contributed by atoms with E-state index in [1.807, 2.05) is 13.8 Å². The van der Waals surface area contributed by atoms with Crippen molar-refractivity contribution in [2.75, 3.05) is 37.1 Å². The van der Waals surface area contributed by atoms with Crippen molar-refractivity contribution in [1.29, 1.82) is 0 Å².